The standard InChI is InChI=1S/C45H29N3S/c1-2-10-30(11-3-1)33-12-8-13-35(26-33)42-28-41(47-45(48-42)39-17-5-4-15-37(39)36-14-9-25-46-29-36)32-21-19-31(20-22-32)34-23-24-44-40(27-34)38-16-6-7-18-43(38)49-44/h1-29H. The van der Waals surface area contributed by atoms with Gasteiger partial charge in [-0.15, -0.1) is 11.3 Å². The molecule has 6 aromatic carbocycles. The third-order valence-electron chi connectivity index (χ3n) is 9.02. The highest BCUT2D eigenvalue weighted by atomic mass is 32.1. The third-order valence-corrected chi connectivity index (χ3v) is 10.2. The summed E-state index contributed by atoms with van der Waals surface area (Å²) in [6, 6.07) is 57.7. The van der Waals surface area contributed by atoms with Crippen LogP contribution in [0.25, 0.3) is 87.5 Å². The first kappa shape index (κ1) is 29.0. The molecule has 0 saturated carbocycles. The van der Waals surface area contributed by atoms with Crippen LogP contribution in [0.4, 0.5) is 0 Å². The van der Waals surface area contributed by atoms with Gasteiger partial charge in [-0.25, -0.2) is 9.97 Å². The van der Waals surface area contributed by atoms with E-state index >= 15 is 0 Å². The molecule has 4 heteroatoms. The van der Waals surface area contributed by atoms with E-state index in [-0.39, 0.29) is 0 Å². The zero-order valence-electron chi connectivity index (χ0n) is 26.5. The zero-order chi connectivity index (χ0) is 32.6. The second-order valence-corrected chi connectivity index (χ2v) is 13.2. The normalized spacial score (nSPS) is 11.3. The molecule has 3 aromatic heterocycles. The van der Waals surface area contributed by atoms with Gasteiger partial charge in [-0.05, 0) is 64.2 Å². The van der Waals surface area contributed by atoms with Crippen molar-refractivity contribution < 1.29 is 0 Å². The summed E-state index contributed by atoms with van der Waals surface area (Å²) in [6.07, 6.45) is 3.69. The highest BCUT2D eigenvalue weighted by Gasteiger charge is 2.15. The molecular formula is C45H29N3S. The van der Waals surface area contributed by atoms with Crippen LogP contribution in [-0.4, -0.2) is 15.0 Å². The van der Waals surface area contributed by atoms with Crippen molar-refractivity contribution in [2.45, 2.75) is 0 Å². The van der Waals surface area contributed by atoms with Gasteiger partial charge in [0.2, 0.25) is 0 Å². The molecule has 0 N–H and O–H groups in total. The average molecular weight is 644 g/mol. The lowest BCUT2D eigenvalue weighted by molar-refractivity contribution is 1.18. The van der Waals surface area contributed by atoms with Crippen LogP contribution in [0.15, 0.2) is 176 Å². The van der Waals surface area contributed by atoms with Gasteiger partial charge in [0.1, 0.15) is 0 Å². The van der Waals surface area contributed by atoms with E-state index in [1.165, 1.54) is 36.9 Å². The van der Waals surface area contributed by atoms with Gasteiger partial charge in [-0.2, -0.15) is 0 Å². The number of hydrogen-bond acceptors (Lipinski definition) is 4. The van der Waals surface area contributed by atoms with Gasteiger partial charge in [-0.3, -0.25) is 4.98 Å². The van der Waals surface area contributed by atoms with Gasteiger partial charge in [0, 0.05) is 54.8 Å². The molecule has 0 saturated heterocycles. The predicted octanol–water partition coefficient (Wildman–Crippen LogP) is 12.2. The lowest BCUT2D eigenvalue weighted by Gasteiger charge is -2.13. The van der Waals surface area contributed by atoms with E-state index in [1.807, 2.05) is 35.7 Å². The molecule has 9 rings (SSSR count). The maximum atomic E-state index is 5.21. The summed E-state index contributed by atoms with van der Waals surface area (Å²) in [6.45, 7) is 0. The fraction of sp³-hybridized carbons (Fsp3) is 0. The summed E-state index contributed by atoms with van der Waals surface area (Å²) >= 11 is 1.85. The number of aromatic nitrogens is 3. The third kappa shape index (κ3) is 5.58. The van der Waals surface area contributed by atoms with Gasteiger partial charge >= 0.3 is 0 Å². The van der Waals surface area contributed by atoms with Crippen molar-refractivity contribution in [2.24, 2.45) is 0 Å². The van der Waals surface area contributed by atoms with Crippen LogP contribution in [0.5, 0.6) is 0 Å². The Morgan fingerprint density at radius 1 is 0.367 bits per heavy atom. The van der Waals surface area contributed by atoms with Gasteiger partial charge in [-0.1, -0.05) is 127 Å². The molecule has 0 amide bonds. The van der Waals surface area contributed by atoms with Gasteiger partial charge < -0.3 is 0 Å². The lowest BCUT2D eigenvalue weighted by Crippen LogP contribution is -1.97. The van der Waals surface area contributed by atoms with E-state index in [0.29, 0.717) is 5.82 Å². The van der Waals surface area contributed by atoms with Crippen molar-refractivity contribution in [1.82, 2.24) is 15.0 Å². The molecule has 0 bridgehead atoms. The lowest BCUT2D eigenvalue weighted by atomic mass is 9.98. The van der Waals surface area contributed by atoms with Crippen molar-refractivity contribution in [3.63, 3.8) is 0 Å². The molecule has 0 spiro atoms. The summed E-state index contributed by atoms with van der Waals surface area (Å²) in [7, 11) is 0. The van der Waals surface area contributed by atoms with Crippen LogP contribution in [0, 0.1) is 0 Å². The first-order valence-corrected chi connectivity index (χ1v) is 17.2. The molecular weight excluding hydrogens is 615 g/mol. The van der Waals surface area contributed by atoms with Crippen molar-refractivity contribution in [1.29, 1.82) is 0 Å². The number of nitrogens with zero attached hydrogens (tertiary/aromatic N) is 3. The summed E-state index contributed by atoms with van der Waals surface area (Å²) in [5, 5.41) is 2.61. The molecule has 0 unspecified atom stereocenters. The fourth-order valence-electron chi connectivity index (χ4n) is 6.54. The zero-order valence-corrected chi connectivity index (χ0v) is 27.3. The maximum absolute atomic E-state index is 5.21. The molecule has 49 heavy (non-hydrogen) atoms. The Balaban J connectivity index is 1.16. The Labute approximate surface area is 288 Å². The first-order chi connectivity index (χ1) is 24.3. The Morgan fingerprint density at radius 3 is 1.82 bits per heavy atom. The van der Waals surface area contributed by atoms with Crippen LogP contribution >= 0.6 is 11.3 Å². The van der Waals surface area contributed by atoms with Crippen molar-refractivity contribution >= 4 is 31.5 Å². The minimum atomic E-state index is 0.677. The van der Waals surface area contributed by atoms with Gasteiger partial charge in [0.05, 0.1) is 11.4 Å². The second-order valence-electron chi connectivity index (χ2n) is 12.1. The Bertz CT molecular complexity index is 2590. The highest BCUT2D eigenvalue weighted by molar-refractivity contribution is 7.25. The molecule has 3 heterocycles. The monoisotopic (exact) mass is 643 g/mol. The molecule has 0 radical (unpaired) electrons. The van der Waals surface area contributed by atoms with E-state index in [1.54, 1.807) is 6.20 Å². The van der Waals surface area contributed by atoms with E-state index < -0.39 is 0 Å². The Hall–Kier alpha value is -6.23. The molecule has 0 aliphatic carbocycles. The molecule has 3 nitrogen and oxygen atoms in total. The second kappa shape index (κ2) is 12.4. The Kier molecular flexibility index (Phi) is 7.34. The molecule has 0 fully saturated rings. The van der Waals surface area contributed by atoms with E-state index in [4.69, 9.17) is 9.97 Å². The predicted molar refractivity (Wildman–Crippen MR) is 205 cm³/mol. The van der Waals surface area contributed by atoms with Gasteiger partial charge in [0.25, 0.3) is 0 Å². The van der Waals surface area contributed by atoms with Crippen molar-refractivity contribution in [2.75, 3.05) is 0 Å². The fourth-order valence-corrected chi connectivity index (χ4v) is 7.63. The topological polar surface area (TPSA) is 38.7 Å². The number of rotatable bonds is 6. The maximum Gasteiger partial charge on any atom is 0.161 e. The number of hydrogen-bond donors (Lipinski definition) is 0. The molecule has 0 atom stereocenters. The minimum Gasteiger partial charge on any atom is -0.264 e. The van der Waals surface area contributed by atoms with Crippen LogP contribution in [0.3, 0.4) is 0 Å². The molecule has 0 aliphatic heterocycles. The number of benzene rings is 6. The molecule has 230 valence electrons. The van der Waals surface area contributed by atoms with Crippen LogP contribution in [-0.2, 0) is 0 Å². The van der Waals surface area contributed by atoms with Crippen molar-refractivity contribution in [3.8, 4) is 67.3 Å². The summed E-state index contributed by atoms with van der Waals surface area (Å²) < 4.78 is 2.63. The summed E-state index contributed by atoms with van der Waals surface area (Å²) in [5.74, 6) is 0.677. The van der Waals surface area contributed by atoms with Crippen LogP contribution in [0.1, 0.15) is 0 Å². The summed E-state index contributed by atoms with van der Waals surface area (Å²) in [5.41, 5.74) is 11.6. The first-order valence-electron chi connectivity index (χ1n) is 16.3. The smallest absolute Gasteiger partial charge is 0.161 e. The number of pyridine rings is 1. The SMILES string of the molecule is c1ccc(-c2cccc(-c3cc(-c4ccc(-c5ccc6sc7ccccc7c6c5)cc4)nc(-c4ccccc4-c4cccnc4)n3)c2)cc1. The van der Waals surface area contributed by atoms with Crippen molar-refractivity contribution in [3.05, 3.63) is 176 Å². The summed E-state index contributed by atoms with van der Waals surface area (Å²) in [4.78, 5) is 14.8. The highest BCUT2D eigenvalue weighted by Crippen LogP contribution is 2.38. The number of fused-ring (bicyclic) bond motifs is 3. The van der Waals surface area contributed by atoms with Crippen LogP contribution in [0.2, 0.25) is 0 Å². The molecule has 9 aromatic rings. The van der Waals surface area contributed by atoms with E-state index in [0.717, 1.165) is 44.8 Å². The van der Waals surface area contributed by atoms with E-state index in [9.17, 15) is 0 Å². The van der Waals surface area contributed by atoms with Gasteiger partial charge in [0.15, 0.2) is 5.82 Å². The largest absolute Gasteiger partial charge is 0.264 e. The quantitative estimate of drug-likeness (QED) is 0.181. The number of thiophene rings is 1. The molecule has 0 aliphatic rings. The minimum absolute atomic E-state index is 0.677. The van der Waals surface area contributed by atoms with Crippen LogP contribution < -0.4 is 0 Å². The average Bonchev–Trinajstić information content (AvgIpc) is 3.57. The van der Waals surface area contributed by atoms with E-state index in [2.05, 4.69) is 151 Å². The Morgan fingerprint density at radius 2 is 0.980 bits per heavy atom.